The van der Waals surface area contributed by atoms with Gasteiger partial charge in [0.05, 0.1) is 12.7 Å². The number of hydrogen-bond donors (Lipinski definition) is 0. The van der Waals surface area contributed by atoms with Gasteiger partial charge >= 0.3 is 0 Å². The fourth-order valence-corrected chi connectivity index (χ4v) is 2.48. The second-order valence-electron chi connectivity index (χ2n) is 4.67. The first-order valence-corrected chi connectivity index (χ1v) is 6.43. The molecule has 1 nitrogen and oxygen atoms in total. The Hall–Kier alpha value is -1.93. The Morgan fingerprint density at radius 1 is 0.895 bits per heavy atom. The minimum Gasteiger partial charge on any atom is -0.369 e. The molecular weight excluding hydrogens is 239 g/mol. The molecule has 2 heteroatoms. The maximum Gasteiger partial charge on any atom is 0.123 e. The summed E-state index contributed by atoms with van der Waals surface area (Å²) in [5.41, 5.74) is 2.23. The zero-order valence-electron chi connectivity index (χ0n) is 10.5. The quantitative estimate of drug-likeness (QED) is 0.728. The number of halogens is 1. The minimum absolute atomic E-state index is 0.0481. The first-order chi connectivity index (χ1) is 9.34. The summed E-state index contributed by atoms with van der Waals surface area (Å²) < 4.78 is 18.9. The fourth-order valence-electron chi connectivity index (χ4n) is 2.48. The summed E-state index contributed by atoms with van der Waals surface area (Å²) in [5, 5.41) is 0. The first kappa shape index (κ1) is 12.1. The predicted octanol–water partition coefficient (Wildman–Crippen LogP) is 4.24. The van der Waals surface area contributed by atoms with Crippen LogP contribution in [0.25, 0.3) is 0 Å². The molecule has 2 aromatic rings. The van der Waals surface area contributed by atoms with E-state index in [9.17, 15) is 4.39 Å². The molecule has 0 amide bonds. The van der Waals surface area contributed by atoms with Crippen LogP contribution in [0.3, 0.4) is 0 Å². The summed E-state index contributed by atoms with van der Waals surface area (Å²) in [7, 11) is 0. The van der Waals surface area contributed by atoms with Crippen molar-refractivity contribution in [1.29, 1.82) is 0 Å². The Morgan fingerprint density at radius 2 is 1.63 bits per heavy atom. The Kier molecular flexibility index (Phi) is 3.43. The summed E-state index contributed by atoms with van der Waals surface area (Å²) in [4.78, 5) is 0. The van der Waals surface area contributed by atoms with Gasteiger partial charge in [0.15, 0.2) is 0 Å². The van der Waals surface area contributed by atoms with Gasteiger partial charge in [-0.25, -0.2) is 4.39 Å². The van der Waals surface area contributed by atoms with Gasteiger partial charge in [0.25, 0.3) is 0 Å². The lowest BCUT2D eigenvalue weighted by atomic mass is 9.87. The van der Waals surface area contributed by atoms with Crippen molar-refractivity contribution in [1.82, 2.24) is 0 Å². The van der Waals surface area contributed by atoms with E-state index in [4.69, 9.17) is 4.74 Å². The van der Waals surface area contributed by atoms with E-state index in [1.165, 1.54) is 17.7 Å². The Morgan fingerprint density at radius 3 is 2.37 bits per heavy atom. The molecule has 0 N–H and O–H groups in total. The van der Waals surface area contributed by atoms with Crippen LogP contribution < -0.4 is 0 Å². The maximum atomic E-state index is 13.0. The SMILES string of the molecule is Fc1ccc([C@@H]2OCC=C[C@H]2c2ccccc2)cc1. The second kappa shape index (κ2) is 5.37. The highest BCUT2D eigenvalue weighted by atomic mass is 19.1. The van der Waals surface area contributed by atoms with Crippen LogP contribution in [0.5, 0.6) is 0 Å². The van der Waals surface area contributed by atoms with Gasteiger partial charge in [0, 0.05) is 5.92 Å². The van der Waals surface area contributed by atoms with Gasteiger partial charge in [-0.2, -0.15) is 0 Å². The third-order valence-electron chi connectivity index (χ3n) is 3.42. The van der Waals surface area contributed by atoms with Crippen molar-refractivity contribution in [3.05, 3.63) is 83.7 Å². The highest BCUT2D eigenvalue weighted by Crippen LogP contribution is 2.37. The van der Waals surface area contributed by atoms with E-state index in [2.05, 4.69) is 18.2 Å². The van der Waals surface area contributed by atoms with Gasteiger partial charge in [0.2, 0.25) is 0 Å². The molecule has 0 aromatic heterocycles. The van der Waals surface area contributed by atoms with Crippen LogP contribution in [-0.4, -0.2) is 6.61 Å². The van der Waals surface area contributed by atoms with E-state index in [1.807, 2.05) is 24.3 Å². The Bertz CT molecular complexity index is 560. The summed E-state index contributed by atoms with van der Waals surface area (Å²) in [6, 6.07) is 16.8. The molecule has 1 heterocycles. The molecule has 1 aliphatic heterocycles. The van der Waals surface area contributed by atoms with Crippen LogP contribution in [0.4, 0.5) is 4.39 Å². The molecule has 3 rings (SSSR count). The van der Waals surface area contributed by atoms with Crippen LogP contribution in [0, 0.1) is 5.82 Å². The van der Waals surface area contributed by atoms with Gasteiger partial charge in [-0.15, -0.1) is 0 Å². The summed E-state index contributed by atoms with van der Waals surface area (Å²) in [6.45, 7) is 0.603. The van der Waals surface area contributed by atoms with Crippen molar-refractivity contribution in [2.24, 2.45) is 0 Å². The van der Waals surface area contributed by atoms with E-state index in [0.29, 0.717) is 6.61 Å². The molecule has 0 unspecified atom stereocenters. The molecule has 0 radical (unpaired) electrons. The van der Waals surface area contributed by atoms with Gasteiger partial charge in [-0.1, -0.05) is 54.6 Å². The lowest BCUT2D eigenvalue weighted by Gasteiger charge is -2.28. The van der Waals surface area contributed by atoms with E-state index in [0.717, 1.165) is 5.56 Å². The minimum atomic E-state index is -0.216. The fraction of sp³-hybridized carbons (Fsp3) is 0.176. The summed E-state index contributed by atoms with van der Waals surface area (Å²) in [6.07, 6.45) is 4.16. The molecule has 0 bridgehead atoms. The topological polar surface area (TPSA) is 9.23 Å². The predicted molar refractivity (Wildman–Crippen MR) is 73.4 cm³/mol. The zero-order chi connectivity index (χ0) is 13.1. The van der Waals surface area contributed by atoms with Gasteiger partial charge < -0.3 is 4.74 Å². The normalized spacial score (nSPS) is 22.4. The third kappa shape index (κ3) is 2.59. The second-order valence-corrected chi connectivity index (χ2v) is 4.67. The van der Waals surface area contributed by atoms with E-state index < -0.39 is 0 Å². The molecule has 0 aliphatic carbocycles. The number of ether oxygens (including phenoxy) is 1. The largest absolute Gasteiger partial charge is 0.369 e. The maximum absolute atomic E-state index is 13.0. The number of benzene rings is 2. The van der Waals surface area contributed by atoms with E-state index in [1.54, 1.807) is 12.1 Å². The number of hydrogen-bond acceptors (Lipinski definition) is 1. The lowest BCUT2D eigenvalue weighted by molar-refractivity contribution is 0.0536. The molecular formula is C17H15FO. The van der Waals surface area contributed by atoms with Crippen LogP contribution in [0.15, 0.2) is 66.7 Å². The molecule has 0 spiro atoms. The van der Waals surface area contributed by atoms with Crippen LogP contribution in [0.1, 0.15) is 23.1 Å². The van der Waals surface area contributed by atoms with Crippen LogP contribution in [0.2, 0.25) is 0 Å². The van der Waals surface area contributed by atoms with Crippen molar-refractivity contribution >= 4 is 0 Å². The van der Waals surface area contributed by atoms with Crippen molar-refractivity contribution < 1.29 is 9.13 Å². The van der Waals surface area contributed by atoms with E-state index in [-0.39, 0.29) is 17.8 Å². The number of rotatable bonds is 2. The first-order valence-electron chi connectivity index (χ1n) is 6.43. The molecule has 1 aliphatic rings. The summed E-state index contributed by atoms with van der Waals surface area (Å²) >= 11 is 0. The zero-order valence-corrected chi connectivity index (χ0v) is 10.5. The Labute approximate surface area is 112 Å². The van der Waals surface area contributed by atoms with Crippen molar-refractivity contribution in [3.8, 4) is 0 Å². The molecule has 2 aromatic carbocycles. The van der Waals surface area contributed by atoms with E-state index >= 15 is 0 Å². The average Bonchev–Trinajstić information content (AvgIpc) is 2.49. The molecule has 0 saturated heterocycles. The van der Waals surface area contributed by atoms with Crippen molar-refractivity contribution in [2.45, 2.75) is 12.0 Å². The van der Waals surface area contributed by atoms with Crippen molar-refractivity contribution in [2.75, 3.05) is 6.61 Å². The summed E-state index contributed by atoms with van der Waals surface area (Å²) in [5.74, 6) is -0.0354. The monoisotopic (exact) mass is 254 g/mol. The molecule has 96 valence electrons. The highest BCUT2D eigenvalue weighted by Gasteiger charge is 2.25. The average molecular weight is 254 g/mol. The van der Waals surface area contributed by atoms with Gasteiger partial charge in [0.1, 0.15) is 5.82 Å². The molecule has 2 atom stereocenters. The standard InChI is InChI=1S/C17H15FO/c18-15-10-8-14(9-11-15)17-16(7-4-12-19-17)13-5-2-1-3-6-13/h1-11,16-17H,12H2/t16-,17-/m0/s1. The highest BCUT2D eigenvalue weighted by molar-refractivity contribution is 5.31. The van der Waals surface area contributed by atoms with Crippen molar-refractivity contribution in [3.63, 3.8) is 0 Å². The van der Waals surface area contributed by atoms with Crippen LogP contribution >= 0.6 is 0 Å². The van der Waals surface area contributed by atoms with Crippen LogP contribution in [-0.2, 0) is 4.74 Å². The smallest absolute Gasteiger partial charge is 0.123 e. The Balaban J connectivity index is 1.95. The molecule has 19 heavy (non-hydrogen) atoms. The van der Waals surface area contributed by atoms with Gasteiger partial charge in [-0.05, 0) is 23.3 Å². The lowest BCUT2D eigenvalue weighted by Crippen LogP contribution is -2.17. The molecule has 0 fully saturated rings. The molecule has 0 saturated carbocycles. The third-order valence-corrected chi connectivity index (χ3v) is 3.42. The van der Waals surface area contributed by atoms with Gasteiger partial charge in [-0.3, -0.25) is 0 Å².